The first-order valence-electron chi connectivity index (χ1n) is 7.65. The van der Waals surface area contributed by atoms with Crippen LogP contribution in [0.4, 0.5) is 4.79 Å². The molecular weight excluding hydrogens is 394 g/mol. The van der Waals surface area contributed by atoms with Crippen LogP contribution in [0.5, 0.6) is 0 Å². The van der Waals surface area contributed by atoms with Crippen LogP contribution < -0.4 is 10.6 Å². The molecule has 134 valence electrons. The van der Waals surface area contributed by atoms with Gasteiger partial charge in [-0.05, 0) is 38.1 Å². The average molecular weight is 412 g/mol. The number of ether oxygens (including phenoxy) is 1. The van der Waals surface area contributed by atoms with E-state index < -0.39 is 36.0 Å². The van der Waals surface area contributed by atoms with Gasteiger partial charge in [-0.15, -0.1) is 0 Å². The standard InChI is InChI=1S/C16H18BrN3O5/c1-9(19-13(21)11-3-5-12(17)6-4-11)15(23)25-10(2)14(22)20-8-7-18-16(20)24/h3-6,9-10H,7-8H2,1-2H3,(H,18,24)(H,19,21)/t9-,10-/m0/s1. The van der Waals surface area contributed by atoms with E-state index in [4.69, 9.17) is 4.74 Å². The molecule has 8 nitrogen and oxygen atoms in total. The zero-order valence-corrected chi connectivity index (χ0v) is 15.3. The van der Waals surface area contributed by atoms with Crippen molar-refractivity contribution in [3.63, 3.8) is 0 Å². The summed E-state index contributed by atoms with van der Waals surface area (Å²) in [6.07, 6.45) is -1.12. The van der Waals surface area contributed by atoms with Crippen LogP contribution in [-0.4, -0.2) is 54.0 Å². The van der Waals surface area contributed by atoms with Crippen molar-refractivity contribution in [2.24, 2.45) is 0 Å². The molecule has 1 heterocycles. The minimum absolute atomic E-state index is 0.232. The fourth-order valence-electron chi connectivity index (χ4n) is 2.17. The number of imide groups is 1. The van der Waals surface area contributed by atoms with Crippen LogP contribution in [0.15, 0.2) is 28.7 Å². The monoisotopic (exact) mass is 411 g/mol. The first-order valence-corrected chi connectivity index (χ1v) is 8.45. The predicted octanol–water partition coefficient (Wildman–Crippen LogP) is 1.05. The van der Waals surface area contributed by atoms with Crippen molar-refractivity contribution in [2.75, 3.05) is 13.1 Å². The van der Waals surface area contributed by atoms with Crippen LogP contribution in [0.3, 0.4) is 0 Å². The number of benzene rings is 1. The Morgan fingerprint density at radius 2 is 1.88 bits per heavy atom. The van der Waals surface area contributed by atoms with Crippen molar-refractivity contribution in [1.29, 1.82) is 0 Å². The van der Waals surface area contributed by atoms with E-state index in [1.165, 1.54) is 13.8 Å². The number of rotatable bonds is 5. The van der Waals surface area contributed by atoms with Gasteiger partial charge in [0.15, 0.2) is 6.10 Å². The predicted molar refractivity (Wildman–Crippen MR) is 91.7 cm³/mol. The van der Waals surface area contributed by atoms with Gasteiger partial charge in [0.05, 0.1) is 0 Å². The molecule has 1 aromatic rings. The highest BCUT2D eigenvalue weighted by molar-refractivity contribution is 9.10. The van der Waals surface area contributed by atoms with Gasteiger partial charge in [0.1, 0.15) is 6.04 Å². The van der Waals surface area contributed by atoms with E-state index in [0.717, 1.165) is 9.37 Å². The number of nitrogens with zero attached hydrogens (tertiary/aromatic N) is 1. The summed E-state index contributed by atoms with van der Waals surface area (Å²) < 4.78 is 5.89. The third kappa shape index (κ3) is 4.79. The van der Waals surface area contributed by atoms with E-state index >= 15 is 0 Å². The number of hydrogen-bond acceptors (Lipinski definition) is 5. The van der Waals surface area contributed by atoms with Crippen LogP contribution in [0, 0.1) is 0 Å². The number of hydrogen-bond donors (Lipinski definition) is 2. The van der Waals surface area contributed by atoms with Crippen molar-refractivity contribution >= 4 is 39.7 Å². The number of carbonyl (C=O) groups is 4. The molecule has 2 atom stereocenters. The number of urea groups is 1. The molecule has 9 heteroatoms. The van der Waals surface area contributed by atoms with Crippen molar-refractivity contribution < 1.29 is 23.9 Å². The van der Waals surface area contributed by atoms with E-state index in [9.17, 15) is 19.2 Å². The van der Waals surface area contributed by atoms with E-state index in [-0.39, 0.29) is 6.54 Å². The number of halogens is 1. The average Bonchev–Trinajstić information content (AvgIpc) is 3.00. The molecule has 2 rings (SSSR count). The van der Waals surface area contributed by atoms with E-state index in [1.807, 2.05) is 0 Å². The van der Waals surface area contributed by atoms with Crippen LogP contribution in [0.2, 0.25) is 0 Å². The molecule has 1 fully saturated rings. The lowest BCUT2D eigenvalue weighted by Gasteiger charge is -2.20. The van der Waals surface area contributed by atoms with Crippen LogP contribution in [-0.2, 0) is 14.3 Å². The topological polar surface area (TPSA) is 105 Å². The molecular formula is C16H18BrN3O5. The molecule has 0 saturated carbocycles. The van der Waals surface area contributed by atoms with Crippen molar-refractivity contribution in [3.8, 4) is 0 Å². The van der Waals surface area contributed by atoms with Gasteiger partial charge in [0, 0.05) is 23.1 Å². The first-order chi connectivity index (χ1) is 11.8. The smallest absolute Gasteiger partial charge is 0.329 e. The summed E-state index contributed by atoms with van der Waals surface area (Å²) in [5, 5.41) is 5.00. The highest BCUT2D eigenvalue weighted by atomic mass is 79.9. The minimum Gasteiger partial charge on any atom is -0.451 e. The molecule has 0 aliphatic carbocycles. The molecule has 0 radical (unpaired) electrons. The number of esters is 1. The van der Waals surface area contributed by atoms with Gasteiger partial charge in [0.25, 0.3) is 11.8 Å². The van der Waals surface area contributed by atoms with E-state index in [0.29, 0.717) is 12.1 Å². The molecule has 0 unspecified atom stereocenters. The quantitative estimate of drug-likeness (QED) is 0.704. The van der Waals surface area contributed by atoms with Gasteiger partial charge in [-0.1, -0.05) is 15.9 Å². The summed E-state index contributed by atoms with van der Waals surface area (Å²) in [5.41, 5.74) is 0.390. The Kier molecular flexibility index (Phi) is 6.13. The van der Waals surface area contributed by atoms with E-state index in [1.54, 1.807) is 24.3 Å². The molecule has 1 aromatic carbocycles. The van der Waals surface area contributed by atoms with Gasteiger partial charge < -0.3 is 15.4 Å². The third-order valence-electron chi connectivity index (χ3n) is 3.57. The lowest BCUT2D eigenvalue weighted by molar-refractivity contribution is -0.158. The Morgan fingerprint density at radius 3 is 2.44 bits per heavy atom. The number of nitrogens with one attached hydrogen (secondary N) is 2. The van der Waals surface area contributed by atoms with Crippen molar-refractivity contribution in [3.05, 3.63) is 34.3 Å². The largest absolute Gasteiger partial charge is 0.451 e. The molecule has 1 aliphatic rings. The second-order valence-electron chi connectivity index (χ2n) is 5.50. The van der Waals surface area contributed by atoms with Crippen LogP contribution in [0.25, 0.3) is 0 Å². The maximum Gasteiger partial charge on any atom is 0.329 e. The van der Waals surface area contributed by atoms with Gasteiger partial charge in [-0.3, -0.25) is 14.5 Å². The summed E-state index contributed by atoms with van der Waals surface area (Å²) in [5.74, 6) is -1.80. The van der Waals surface area contributed by atoms with Crippen LogP contribution >= 0.6 is 15.9 Å². The molecule has 1 saturated heterocycles. The lowest BCUT2D eigenvalue weighted by atomic mass is 10.2. The molecule has 0 bridgehead atoms. The van der Waals surface area contributed by atoms with Gasteiger partial charge >= 0.3 is 12.0 Å². The Hall–Kier alpha value is -2.42. The zero-order chi connectivity index (χ0) is 18.6. The minimum atomic E-state index is -1.12. The highest BCUT2D eigenvalue weighted by Crippen LogP contribution is 2.11. The summed E-state index contributed by atoms with van der Waals surface area (Å²) in [7, 11) is 0. The maximum atomic E-state index is 12.1. The number of carbonyl (C=O) groups excluding carboxylic acids is 4. The molecule has 25 heavy (non-hydrogen) atoms. The maximum absolute atomic E-state index is 12.1. The van der Waals surface area contributed by atoms with Crippen LogP contribution in [0.1, 0.15) is 24.2 Å². The summed E-state index contributed by atoms with van der Waals surface area (Å²) >= 11 is 3.27. The Bertz CT molecular complexity index is 692. The van der Waals surface area contributed by atoms with Gasteiger partial charge in [0.2, 0.25) is 0 Å². The summed E-state index contributed by atoms with van der Waals surface area (Å²) in [6, 6.07) is 5.17. The Balaban J connectivity index is 1.88. The molecule has 2 N–H and O–H groups in total. The highest BCUT2D eigenvalue weighted by Gasteiger charge is 2.32. The Labute approximate surface area is 153 Å². The fraction of sp³-hybridized carbons (Fsp3) is 0.375. The SMILES string of the molecule is C[C@H](NC(=O)c1ccc(Br)cc1)C(=O)O[C@@H](C)C(=O)N1CCNC1=O. The zero-order valence-electron chi connectivity index (χ0n) is 13.7. The normalized spacial score (nSPS) is 16.0. The second kappa shape index (κ2) is 8.11. The fourth-order valence-corrected chi connectivity index (χ4v) is 2.43. The van der Waals surface area contributed by atoms with Gasteiger partial charge in [-0.2, -0.15) is 0 Å². The molecule has 1 aliphatic heterocycles. The molecule has 0 spiro atoms. The molecule has 4 amide bonds. The molecule has 0 aromatic heterocycles. The lowest BCUT2D eigenvalue weighted by Crippen LogP contribution is -2.45. The van der Waals surface area contributed by atoms with Gasteiger partial charge in [-0.25, -0.2) is 9.59 Å². The Morgan fingerprint density at radius 1 is 1.24 bits per heavy atom. The first kappa shape index (κ1) is 18.9. The van der Waals surface area contributed by atoms with Crippen molar-refractivity contribution in [2.45, 2.75) is 26.0 Å². The summed E-state index contributed by atoms with van der Waals surface area (Å²) in [6.45, 7) is 3.44. The van der Waals surface area contributed by atoms with Crippen molar-refractivity contribution in [1.82, 2.24) is 15.5 Å². The summed E-state index contributed by atoms with van der Waals surface area (Å²) in [4.78, 5) is 48.7. The second-order valence-corrected chi connectivity index (χ2v) is 6.42. The third-order valence-corrected chi connectivity index (χ3v) is 4.10. The van der Waals surface area contributed by atoms with E-state index in [2.05, 4.69) is 26.6 Å². The number of amides is 4.